The molecule has 3 nitrogen and oxygen atoms in total. The monoisotopic (exact) mass is 542 g/mol. The standard InChI is InChI=1S/C39H30N2O/c1-2-9-37-36-23-22-35(26-38(36)42-39(37)40)41(33-19-16-29(17-20-33)27-10-5-3-6-11-27)34-21-18-30-14-15-31(24-32(30)25-34)28-12-7-4-8-13-28/h2-26H,40H2,1H3/b9-2-. The third kappa shape index (κ3) is 4.71. The molecule has 0 fully saturated rings. The Labute approximate surface area is 245 Å². The number of allylic oxidation sites excluding steroid dienone is 1. The lowest BCUT2D eigenvalue weighted by atomic mass is 10.0. The number of anilines is 4. The Morgan fingerprint density at radius 3 is 1.83 bits per heavy atom. The van der Waals surface area contributed by atoms with Crippen LogP contribution < -0.4 is 10.6 Å². The number of benzene rings is 6. The Hall–Kier alpha value is -5.54. The van der Waals surface area contributed by atoms with Gasteiger partial charge in [-0.1, -0.05) is 103 Å². The molecule has 3 heteroatoms. The van der Waals surface area contributed by atoms with Crippen LogP contribution >= 0.6 is 0 Å². The molecule has 6 aromatic carbocycles. The van der Waals surface area contributed by atoms with Gasteiger partial charge in [-0.15, -0.1) is 0 Å². The molecule has 7 rings (SSSR count). The third-order valence-corrected chi connectivity index (χ3v) is 7.75. The van der Waals surface area contributed by atoms with E-state index in [1.54, 1.807) is 0 Å². The Balaban J connectivity index is 1.37. The normalized spacial score (nSPS) is 11.5. The second-order valence-electron chi connectivity index (χ2n) is 10.4. The molecule has 202 valence electrons. The van der Waals surface area contributed by atoms with Crippen LogP contribution in [0.25, 0.3) is 50.1 Å². The van der Waals surface area contributed by atoms with Gasteiger partial charge < -0.3 is 15.1 Å². The molecule has 0 aliphatic heterocycles. The zero-order valence-corrected chi connectivity index (χ0v) is 23.4. The van der Waals surface area contributed by atoms with Gasteiger partial charge in [-0.25, -0.2) is 0 Å². The van der Waals surface area contributed by atoms with Crippen molar-refractivity contribution in [2.45, 2.75) is 6.92 Å². The van der Waals surface area contributed by atoms with Gasteiger partial charge in [-0.2, -0.15) is 0 Å². The quantitative estimate of drug-likeness (QED) is 0.227. The van der Waals surface area contributed by atoms with Crippen LogP contribution in [0.4, 0.5) is 22.9 Å². The van der Waals surface area contributed by atoms with Gasteiger partial charge in [0.25, 0.3) is 0 Å². The SMILES string of the molecule is C/C=C\c1c(N)oc2cc(N(c3ccc(-c4ccccc4)cc3)c3ccc4ccc(-c5ccccc5)cc4c3)ccc12. The lowest BCUT2D eigenvalue weighted by Gasteiger charge is -2.26. The summed E-state index contributed by atoms with van der Waals surface area (Å²) < 4.78 is 6.03. The zero-order chi connectivity index (χ0) is 28.5. The first kappa shape index (κ1) is 25.4. The number of rotatable bonds is 6. The maximum atomic E-state index is 6.25. The summed E-state index contributed by atoms with van der Waals surface area (Å²) in [6.07, 6.45) is 3.97. The molecule has 0 unspecified atom stereocenters. The van der Waals surface area contributed by atoms with Crippen molar-refractivity contribution in [1.29, 1.82) is 0 Å². The van der Waals surface area contributed by atoms with Crippen LogP contribution in [0.15, 0.2) is 150 Å². The number of nitrogens with zero attached hydrogens (tertiary/aromatic N) is 1. The molecule has 0 aliphatic rings. The van der Waals surface area contributed by atoms with Crippen molar-refractivity contribution in [2.75, 3.05) is 10.6 Å². The van der Waals surface area contributed by atoms with Crippen molar-refractivity contribution in [1.82, 2.24) is 0 Å². The van der Waals surface area contributed by atoms with Crippen LogP contribution in [0, 0.1) is 0 Å². The van der Waals surface area contributed by atoms with Crippen molar-refractivity contribution >= 4 is 50.8 Å². The van der Waals surface area contributed by atoms with E-state index in [2.05, 4.69) is 138 Å². The summed E-state index contributed by atoms with van der Waals surface area (Å²) in [6, 6.07) is 49.3. The van der Waals surface area contributed by atoms with Crippen molar-refractivity contribution in [3.8, 4) is 22.3 Å². The molecule has 1 heterocycles. The average molecular weight is 543 g/mol. The predicted molar refractivity (Wildman–Crippen MR) is 178 cm³/mol. The van der Waals surface area contributed by atoms with E-state index in [0.717, 1.165) is 33.6 Å². The van der Waals surface area contributed by atoms with E-state index in [1.165, 1.54) is 33.0 Å². The van der Waals surface area contributed by atoms with Crippen LogP contribution in [-0.4, -0.2) is 0 Å². The summed E-state index contributed by atoms with van der Waals surface area (Å²) in [5, 5.41) is 3.38. The molecule has 0 aliphatic carbocycles. The number of nitrogen functional groups attached to an aromatic ring is 1. The molecule has 42 heavy (non-hydrogen) atoms. The molecule has 0 atom stereocenters. The van der Waals surface area contributed by atoms with E-state index in [4.69, 9.17) is 10.2 Å². The van der Waals surface area contributed by atoms with E-state index in [9.17, 15) is 0 Å². The van der Waals surface area contributed by atoms with Crippen molar-refractivity contribution in [3.63, 3.8) is 0 Å². The molecule has 2 N–H and O–H groups in total. The molecule has 0 saturated carbocycles. The molecule has 1 aromatic heterocycles. The van der Waals surface area contributed by atoms with E-state index >= 15 is 0 Å². The number of nitrogens with two attached hydrogens (primary N) is 1. The number of hydrogen-bond donors (Lipinski definition) is 1. The minimum absolute atomic E-state index is 0.429. The van der Waals surface area contributed by atoms with Crippen molar-refractivity contribution in [2.24, 2.45) is 0 Å². The van der Waals surface area contributed by atoms with Crippen LogP contribution in [0.2, 0.25) is 0 Å². The first-order valence-electron chi connectivity index (χ1n) is 14.2. The lowest BCUT2D eigenvalue weighted by Crippen LogP contribution is -2.09. The Morgan fingerprint density at radius 2 is 1.12 bits per heavy atom. The van der Waals surface area contributed by atoms with Gasteiger partial charge >= 0.3 is 0 Å². The fraction of sp³-hybridized carbons (Fsp3) is 0.0256. The summed E-state index contributed by atoms with van der Waals surface area (Å²) in [5.74, 6) is 0.429. The van der Waals surface area contributed by atoms with Crippen LogP contribution in [0.5, 0.6) is 0 Å². The molecular weight excluding hydrogens is 512 g/mol. The minimum atomic E-state index is 0.429. The minimum Gasteiger partial charge on any atom is -0.440 e. The highest BCUT2D eigenvalue weighted by Crippen LogP contribution is 2.40. The highest BCUT2D eigenvalue weighted by molar-refractivity contribution is 5.96. The number of fused-ring (bicyclic) bond motifs is 2. The summed E-state index contributed by atoms with van der Waals surface area (Å²) in [7, 11) is 0. The van der Waals surface area contributed by atoms with Crippen LogP contribution in [-0.2, 0) is 0 Å². The van der Waals surface area contributed by atoms with Gasteiger partial charge in [0.15, 0.2) is 5.88 Å². The van der Waals surface area contributed by atoms with Gasteiger partial charge in [-0.3, -0.25) is 0 Å². The topological polar surface area (TPSA) is 42.4 Å². The van der Waals surface area contributed by atoms with E-state index < -0.39 is 0 Å². The Morgan fingerprint density at radius 1 is 0.548 bits per heavy atom. The van der Waals surface area contributed by atoms with Gasteiger partial charge in [0, 0.05) is 34.1 Å². The van der Waals surface area contributed by atoms with Gasteiger partial charge in [0.2, 0.25) is 0 Å². The highest BCUT2D eigenvalue weighted by atomic mass is 16.3. The largest absolute Gasteiger partial charge is 0.440 e. The zero-order valence-electron chi connectivity index (χ0n) is 23.4. The van der Waals surface area contributed by atoms with Gasteiger partial charge in [0.1, 0.15) is 5.58 Å². The van der Waals surface area contributed by atoms with Gasteiger partial charge in [0.05, 0.1) is 0 Å². The van der Waals surface area contributed by atoms with E-state index in [-0.39, 0.29) is 0 Å². The average Bonchev–Trinajstić information content (AvgIpc) is 3.36. The summed E-state index contributed by atoms with van der Waals surface area (Å²) in [5.41, 5.74) is 15.8. The molecule has 0 bridgehead atoms. The van der Waals surface area contributed by atoms with E-state index in [0.29, 0.717) is 5.88 Å². The number of hydrogen-bond acceptors (Lipinski definition) is 3. The summed E-state index contributed by atoms with van der Waals surface area (Å²) in [6.45, 7) is 1.98. The first-order valence-corrected chi connectivity index (χ1v) is 14.2. The molecule has 7 aromatic rings. The first-order chi connectivity index (χ1) is 20.7. The Bertz CT molecular complexity index is 2040. The predicted octanol–water partition coefficient (Wildman–Crippen LogP) is 11.0. The van der Waals surface area contributed by atoms with Crippen LogP contribution in [0.1, 0.15) is 12.5 Å². The second-order valence-corrected chi connectivity index (χ2v) is 10.4. The third-order valence-electron chi connectivity index (χ3n) is 7.75. The smallest absolute Gasteiger partial charge is 0.198 e. The summed E-state index contributed by atoms with van der Waals surface area (Å²) in [4.78, 5) is 2.27. The maximum absolute atomic E-state index is 6.25. The molecule has 0 spiro atoms. The van der Waals surface area contributed by atoms with E-state index in [1.807, 2.05) is 25.1 Å². The lowest BCUT2D eigenvalue weighted by molar-refractivity contribution is 0.636. The molecule has 0 amide bonds. The van der Waals surface area contributed by atoms with Crippen molar-refractivity contribution in [3.05, 3.63) is 151 Å². The molecule has 0 saturated heterocycles. The molecule has 0 radical (unpaired) electrons. The molecular formula is C39H30N2O. The van der Waals surface area contributed by atoms with Crippen molar-refractivity contribution < 1.29 is 4.42 Å². The maximum Gasteiger partial charge on any atom is 0.198 e. The fourth-order valence-corrected chi connectivity index (χ4v) is 5.67. The highest BCUT2D eigenvalue weighted by Gasteiger charge is 2.17. The van der Waals surface area contributed by atoms with Crippen LogP contribution in [0.3, 0.4) is 0 Å². The van der Waals surface area contributed by atoms with Gasteiger partial charge in [-0.05, 0) is 82.4 Å². The fourth-order valence-electron chi connectivity index (χ4n) is 5.67. The summed E-state index contributed by atoms with van der Waals surface area (Å²) >= 11 is 0. The number of furan rings is 1. The second kappa shape index (κ2) is 10.8. The Kier molecular flexibility index (Phi) is 6.54.